The van der Waals surface area contributed by atoms with Crippen molar-refractivity contribution in [2.75, 3.05) is 0 Å². The van der Waals surface area contributed by atoms with Crippen molar-refractivity contribution in [3.63, 3.8) is 0 Å². The molecule has 0 amide bonds. The SMILES string of the molecule is C=C1c2ccccc2C2C(CC)C12CCC(=O)O. The zero-order valence-corrected chi connectivity index (χ0v) is 10.6. The predicted octanol–water partition coefficient (Wildman–Crippen LogP) is 3.69. The van der Waals surface area contributed by atoms with E-state index in [1.54, 1.807) is 0 Å². The summed E-state index contributed by atoms with van der Waals surface area (Å²) in [5.74, 6) is 0.415. The third-order valence-corrected chi connectivity index (χ3v) is 4.89. The highest BCUT2D eigenvalue weighted by molar-refractivity contribution is 5.83. The Morgan fingerprint density at radius 2 is 2.17 bits per heavy atom. The molecule has 1 fully saturated rings. The summed E-state index contributed by atoms with van der Waals surface area (Å²) in [6.45, 7) is 6.47. The molecule has 0 heterocycles. The van der Waals surface area contributed by atoms with Gasteiger partial charge in [0.05, 0.1) is 0 Å². The second kappa shape index (κ2) is 3.71. The second-order valence-corrected chi connectivity index (χ2v) is 5.49. The summed E-state index contributed by atoms with van der Waals surface area (Å²) >= 11 is 0. The highest BCUT2D eigenvalue weighted by Crippen LogP contribution is 2.78. The third-order valence-electron chi connectivity index (χ3n) is 4.89. The minimum absolute atomic E-state index is 0.0524. The van der Waals surface area contributed by atoms with E-state index in [4.69, 9.17) is 5.11 Å². The summed E-state index contributed by atoms with van der Waals surface area (Å²) in [7, 11) is 0. The van der Waals surface area contributed by atoms with Crippen LogP contribution in [-0.4, -0.2) is 11.1 Å². The largest absolute Gasteiger partial charge is 0.481 e. The van der Waals surface area contributed by atoms with Gasteiger partial charge in [-0.3, -0.25) is 4.79 Å². The molecule has 94 valence electrons. The molecule has 0 bridgehead atoms. The monoisotopic (exact) mass is 242 g/mol. The first-order valence-corrected chi connectivity index (χ1v) is 6.63. The van der Waals surface area contributed by atoms with E-state index in [-0.39, 0.29) is 11.8 Å². The lowest BCUT2D eigenvalue weighted by Crippen LogP contribution is -2.08. The van der Waals surface area contributed by atoms with Crippen molar-refractivity contribution in [3.05, 3.63) is 42.0 Å². The van der Waals surface area contributed by atoms with Gasteiger partial charge in [0, 0.05) is 11.8 Å². The number of hydrogen-bond donors (Lipinski definition) is 1. The van der Waals surface area contributed by atoms with E-state index >= 15 is 0 Å². The molecule has 1 aromatic carbocycles. The van der Waals surface area contributed by atoms with Crippen molar-refractivity contribution >= 4 is 11.5 Å². The van der Waals surface area contributed by atoms with Crippen molar-refractivity contribution in [3.8, 4) is 0 Å². The van der Waals surface area contributed by atoms with E-state index < -0.39 is 5.97 Å². The number of allylic oxidation sites excluding steroid dienone is 1. The minimum atomic E-state index is -0.700. The molecule has 2 aliphatic carbocycles. The standard InChI is InChI=1S/C16H18O2/c1-3-13-15-12-7-5-4-6-11(12)10(2)16(13,15)9-8-14(17)18/h4-7,13,15H,2-3,8-9H2,1H3,(H,17,18). The highest BCUT2D eigenvalue weighted by Gasteiger charge is 2.68. The van der Waals surface area contributed by atoms with Crippen LogP contribution in [0.15, 0.2) is 30.8 Å². The van der Waals surface area contributed by atoms with Gasteiger partial charge in [-0.15, -0.1) is 0 Å². The zero-order valence-electron chi connectivity index (χ0n) is 10.6. The van der Waals surface area contributed by atoms with Gasteiger partial charge in [0.2, 0.25) is 0 Å². The second-order valence-electron chi connectivity index (χ2n) is 5.49. The normalized spacial score (nSPS) is 31.9. The summed E-state index contributed by atoms with van der Waals surface area (Å²) in [4.78, 5) is 10.9. The number of hydrogen-bond acceptors (Lipinski definition) is 1. The average Bonchev–Trinajstić information content (AvgIpc) is 2.97. The van der Waals surface area contributed by atoms with E-state index in [0.29, 0.717) is 11.8 Å². The number of benzene rings is 1. The van der Waals surface area contributed by atoms with Crippen LogP contribution in [0.25, 0.3) is 5.57 Å². The molecule has 3 atom stereocenters. The van der Waals surface area contributed by atoms with Gasteiger partial charge in [-0.25, -0.2) is 0 Å². The summed E-state index contributed by atoms with van der Waals surface area (Å²) in [6.07, 6.45) is 2.09. The molecule has 1 N–H and O–H groups in total. The van der Waals surface area contributed by atoms with Crippen LogP contribution in [0.3, 0.4) is 0 Å². The summed E-state index contributed by atoms with van der Waals surface area (Å²) < 4.78 is 0. The maximum atomic E-state index is 10.9. The maximum absolute atomic E-state index is 10.9. The molecule has 0 spiro atoms. The molecular weight excluding hydrogens is 224 g/mol. The molecule has 0 aliphatic heterocycles. The van der Waals surface area contributed by atoms with Gasteiger partial charge in [0.25, 0.3) is 0 Å². The van der Waals surface area contributed by atoms with Gasteiger partial charge in [-0.05, 0) is 35.0 Å². The number of carbonyl (C=O) groups is 1. The molecule has 18 heavy (non-hydrogen) atoms. The number of rotatable bonds is 4. The molecule has 1 aromatic rings. The van der Waals surface area contributed by atoms with E-state index in [0.717, 1.165) is 12.8 Å². The van der Waals surface area contributed by atoms with Gasteiger partial charge in [-0.2, -0.15) is 0 Å². The van der Waals surface area contributed by atoms with Gasteiger partial charge in [-0.1, -0.05) is 44.2 Å². The molecule has 0 saturated heterocycles. The van der Waals surface area contributed by atoms with Crippen LogP contribution >= 0.6 is 0 Å². The lowest BCUT2D eigenvalue weighted by molar-refractivity contribution is -0.137. The highest BCUT2D eigenvalue weighted by atomic mass is 16.4. The number of fused-ring (bicyclic) bond motifs is 3. The average molecular weight is 242 g/mol. The molecule has 0 aromatic heterocycles. The Labute approximate surface area is 107 Å². The van der Waals surface area contributed by atoms with Crippen LogP contribution in [0, 0.1) is 11.3 Å². The summed E-state index contributed by atoms with van der Waals surface area (Å²) in [5, 5.41) is 8.94. The Bertz CT molecular complexity index is 532. The quantitative estimate of drug-likeness (QED) is 0.874. The van der Waals surface area contributed by atoms with Crippen molar-refractivity contribution in [1.82, 2.24) is 0 Å². The first-order valence-electron chi connectivity index (χ1n) is 6.63. The minimum Gasteiger partial charge on any atom is -0.481 e. The molecule has 2 heteroatoms. The molecule has 2 nitrogen and oxygen atoms in total. The molecule has 1 saturated carbocycles. The number of carboxylic acid groups (broad SMARTS) is 1. The predicted molar refractivity (Wildman–Crippen MR) is 71.3 cm³/mol. The third kappa shape index (κ3) is 1.26. The topological polar surface area (TPSA) is 37.3 Å². The van der Waals surface area contributed by atoms with Crippen molar-refractivity contribution in [2.24, 2.45) is 11.3 Å². The van der Waals surface area contributed by atoms with Crippen molar-refractivity contribution < 1.29 is 9.90 Å². The van der Waals surface area contributed by atoms with Crippen LogP contribution in [-0.2, 0) is 4.79 Å². The smallest absolute Gasteiger partial charge is 0.303 e. The molecule has 3 unspecified atom stereocenters. The van der Waals surface area contributed by atoms with E-state index in [9.17, 15) is 4.79 Å². The van der Waals surface area contributed by atoms with Crippen LogP contribution < -0.4 is 0 Å². The lowest BCUT2D eigenvalue weighted by Gasteiger charge is -2.17. The Morgan fingerprint density at radius 3 is 2.83 bits per heavy atom. The van der Waals surface area contributed by atoms with E-state index in [2.05, 4.69) is 31.7 Å². The van der Waals surface area contributed by atoms with E-state index in [1.165, 1.54) is 16.7 Å². The number of aliphatic carboxylic acids is 1. The van der Waals surface area contributed by atoms with Crippen LogP contribution in [0.5, 0.6) is 0 Å². The lowest BCUT2D eigenvalue weighted by atomic mass is 9.86. The Morgan fingerprint density at radius 1 is 1.44 bits per heavy atom. The van der Waals surface area contributed by atoms with Gasteiger partial charge in [0.15, 0.2) is 0 Å². The van der Waals surface area contributed by atoms with E-state index in [1.807, 2.05) is 6.07 Å². The van der Waals surface area contributed by atoms with Crippen molar-refractivity contribution in [2.45, 2.75) is 32.1 Å². The molecule has 3 rings (SSSR count). The number of carboxylic acids is 1. The summed E-state index contributed by atoms with van der Waals surface area (Å²) in [6, 6.07) is 8.42. The van der Waals surface area contributed by atoms with Crippen molar-refractivity contribution in [1.29, 1.82) is 0 Å². The first-order chi connectivity index (χ1) is 8.63. The molecular formula is C16H18O2. The van der Waals surface area contributed by atoms with Crippen LogP contribution in [0.2, 0.25) is 0 Å². The van der Waals surface area contributed by atoms with Crippen LogP contribution in [0.4, 0.5) is 0 Å². The summed E-state index contributed by atoms with van der Waals surface area (Å²) in [5.41, 5.74) is 3.88. The Hall–Kier alpha value is -1.57. The fraction of sp³-hybridized carbons (Fsp3) is 0.438. The zero-order chi connectivity index (χ0) is 12.9. The molecule has 2 aliphatic rings. The van der Waals surface area contributed by atoms with Crippen LogP contribution in [0.1, 0.15) is 43.2 Å². The van der Waals surface area contributed by atoms with Gasteiger partial charge < -0.3 is 5.11 Å². The fourth-order valence-electron chi connectivity index (χ4n) is 4.12. The van der Waals surface area contributed by atoms with Gasteiger partial charge >= 0.3 is 5.97 Å². The molecule has 0 radical (unpaired) electrons. The fourth-order valence-corrected chi connectivity index (χ4v) is 4.12. The van der Waals surface area contributed by atoms with Gasteiger partial charge in [0.1, 0.15) is 0 Å². The Kier molecular flexibility index (Phi) is 2.37. The Balaban J connectivity index is 1.97. The first kappa shape index (κ1) is 11.5. The maximum Gasteiger partial charge on any atom is 0.303 e.